The number of carbonyl (C=O) groups is 3. The summed E-state index contributed by atoms with van der Waals surface area (Å²) < 4.78 is 0. The normalized spacial score (nSPS) is 20.3. The smallest absolute Gasteiger partial charge is 0.289 e. The van der Waals surface area contributed by atoms with E-state index in [2.05, 4.69) is 0 Å². The van der Waals surface area contributed by atoms with Crippen LogP contribution in [0, 0.1) is 0 Å². The van der Waals surface area contributed by atoms with Crippen LogP contribution in [0.2, 0.25) is 0 Å². The highest BCUT2D eigenvalue weighted by atomic mass is 16.2. The van der Waals surface area contributed by atoms with Gasteiger partial charge >= 0.3 is 0 Å². The van der Waals surface area contributed by atoms with Gasteiger partial charge in [0.25, 0.3) is 5.91 Å². The Bertz CT molecular complexity index is 453. The van der Waals surface area contributed by atoms with Gasteiger partial charge < -0.3 is 0 Å². The topological polar surface area (TPSA) is 54.5 Å². The minimum atomic E-state index is -0.693. The molecule has 1 aliphatic heterocycles. The van der Waals surface area contributed by atoms with E-state index in [-0.39, 0.29) is 12.3 Å². The van der Waals surface area contributed by atoms with E-state index in [4.69, 9.17) is 0 Å². The van der Waals surface area contributed by atoms with Crippen LogP contribution in [-0.2, 0) is 14.4 Å². The highest BCUT2D eigenvalue weighted by Gasteiger charge is 2.41. The van der Waals surface area contributed by atoms with Crippen LogP contribution in [0.15, 0.2) is 30.3 Å². The van der Waals surface area contributed by atoms with Crippen LogP contribution in [0.1, 0.15) is 24.9 Å². The third-order valence-electron chi connectivity index (χ3n) is 2.67. The Morgan fingerprint density at radius 3 is 2.44 bits per heavy atom. The molecule has 1 aromatic rings. The molecule has 1 fully saturated rings. The number of likely N-dealkylation sites (tertiary alicyclic amines) is 1. The van der Waals surface area contributed by atoms with E-state index in [1.165, 1.54) is 6.92 Å². The molecule has 1 unspecified atom stereocenters. The fraction of sp³-hybridized carbons (Fsp3) is 0.250. The largest absolute Gasteiger partial charge is 0.297 e. The van der Waals surface area contributed by atoms with Crippen molar-refractivity contribution in [1.82, 2.24) is 4.90 Å². The van der Waals surface area contributed by atoms with Crippen LogP contribution in [0.3, 0.4) is 0 Å². The van der Waals surface area contributed by atoms with E-state index < -0.39 is 17.7 Å². The van der Waals surface area contributed by atoms with Crippen molar-refractivity contribution in [3.63, 3.8) is 0 Å². The van der Waals surface area contributed by atoms with Gasteiger partial charge in [-0.05, 0) is 5.56 Å². The summed E-state index contributed by atoms with van der Waals surface area (Å²) in [5.41, 5.74) is 0.817. The molecule has 1 aliphatic rings. The first kappa shape index (κ1) is 10.5. The summed E-state index contributed by atoms with van der Waals surface area (Å²) in [5.74, 6) is -1.57. The minimum absolute atomic E-state index is 0.0857. The van der Waals surface area contributed by atoms with Crippen molar-refractivity contribution in [2.45, 2.75) is 19.4 Å². The summed E-state index contributed by atoms with van der Waals surface area (Å²) in [6, 6.07) is 8.68. The molecule has 4 heteroatoms. The van der Waals surface area contributed by atoms with Gasteiger partial charge in [0.05, 0.1) is 6.04 Å². The number of rotatable bonds is 1. The molecule has 2 rings (SSSR count). The van der Waals surface area contributed by atoms with E-state index in [0.29, 0.717) is 0 Å². The van der Waals surface area contributed by atoms with Crippen molar-refractivity contribution in [1.29, 1.82) is 0 Å². The van der Waals surface area contributed by atoms with Crippen LogP contribution in [0.5, 0.6) is 0 Å². The molecular formula is C12H11NO3. The molecule has 1 aromatic carbocycles. The molecule has 0 aromatic heterocycles. The lowest BCUT2D eigenvalue weighted by atomic mass is 10.0. The number of amides is 2. The Kier molecular flexibility index (Phi) is 2.56. The SMILES string of the molecule is CC(=O)N1C(=O)C(=O)CC1c1ccccc1. The van der Waals surface area contributed by atoms with E-state index >= 15 is 0 Å². The molecule has 1 atom stereocenters. The lowest BCUT2D eigenvalue weighted by molar-refractivity contribution is -0.147. The van der Waals surface area contributed by atoms with Crippen LogP contribution in [0.4, 0.5) is 0 Å². The predicted octanol–water partition coefficient (Wildman–Crippen LogP) is 1.08. The van der Waals surface area contributed by atoms with Crippen molar-refractivity contribution >= 4 is 17.6 Å². The van der Waals surface area contributed by atoms with Gasteiger partial charge in [-0.2, -0.15) is 0 Å². The first-order valence-electron chi connectivity index (χ1n) is 5.03. The molecule has 0 aliphatic carbocycles. The summed E-state index contributed by atoms with van der Waals surface area (Å²) in [4.78, 5) is 35.2. The zero-order valence-corrected chi connectivity index (χ0v) is 8.84. The standard InChI is InChI=1S/C12H11NO3/c1-8(14)13-10(7-11(15)12(13)16)9-5-3-2-4-6-9/h2-6,10H,7H2,1H3. The van der Waals surface area contributed by atoms with E-state index in [1.54, 1.807) is 0 Å². The van der Waals surface area contributed by atoms with Gasteiger partial charge in [0, 0.05) is 13.3 Å². The Morgan fingerprint density at radius 2 is 1.88 bits per heavy atom. The first-order chi connectivity index (χ1) is 7.61. The average molecular weight is 217 g/mol. The van der Waals surface area contributed by atoms with Crippen molar-refractivity contribution in [2.75, 3.05) is 0 Å². The second kappa shape index (κ2) is 3.89. The zero-order valence-electron chi connectivity index (χ0n) is 8.84. The average Bonchev–Trinajstić information content (AvgIpc) is 2.57. The molecule has 0 N–H and O–H groups in total. The van der Waals surface area contributed by atoms with Crippen molar-refractivity contribution in [2.24, 2.45) is 0 Å². The van der Waals surface area contributed by atoms with E-state index in [9.17, 15) is 14.4 Å². The third kappa shape index (κ3) is 1.62. The first-order valence-corrected chi connectivity index (χ1v) is 5.03. The van der Waals surface area contributed by atoms with Gasteiger partial charge in [0.1, 0.15) is 0 Å². The van der Waals surface area contributed by atoms with Gasteiger partial charge in [0.15, 0.2) is 0 Å². The molecule has 1 saturated heterocycles. The van der Waals surface area contributed by atoms with Gasteiger partial charge in [-0.25, -0.2) is 0 Å². The molecule has 0 saturated carbocycles. The van der Waals surface area contributed by atoms with Crippen LogP contribution in [0.25, 0.3) is 0 Å². The number of Topliss-reactive ketones (excluding diaryl/α,β-unsaturated/α-hetero) is 1. The molecule has 0 bridgehead atoms. The fourth-order valence-corrected chi connectivity index (χ4v) is 1.93. The lowest BCUT2D eigenvalue weighted by Gasteiger charge is -2.20. The molecule has 2 amide bonds. The Labute approximate surface area is 92.9 Å². The number of imide groups is 1. The summed E-state index contributed by atoms with van der Waals surface area (Å²) >= 11 is 0. The lowest BCUT2D eigenvalue weighted by Crippen LogP contribution is -2.33. The number of carbonyl (C=O) groups excluding carboxylic acids is 3. The van der Waals surface area contributed by atoms with Gasteiger partial charge in [0.2, 0.25) is 11.7 Å². The van der Waals surface area contributed by atoms with Gasteiger partial charge in [-0.15, -0.1) is 0 Å². The van der Waals surface area contributed by atoms with Crippen LogP contribution < -0.4 is 0 Å². The second-order valence-electron chi connectivity index (χ2n) is 3.75. The highest BCUT2D eigenvalue weighted by Crippen LogP contribution is 2.30. The van der Waals surface area contributed by atoms with Crippen LogP contribution >= 0.6 is 0 Å². The maximum atomic E-state index is 11.5. The predicted molar refractivity (Wildman–Crippen MR) is 56.3 cm³/mol. The number of ketones is 1. The quantitative estimate of drug-likeness (QED) is 0.661. The maximum Gasteiger partial charge on any atom is 0.297 e. The van der Waals surface area contributed by atoms with Crippen molar-refractivity contribution in [3.05, 3.63) is 35.9 Å². The highest BCUT2D eigenvalue weighted by molar-refractivity contribution is 6.40. The second-order valence-corrected chi connectivity index (χ2v) is 3.75. The summed E-state index contributed by atoms with van der Waals surface area (Å²) in [6.45, 7) is 1.30. The summed E-state index contributed by atoms with van der Waals surface area (Å²) in [7, 11) is 0. The van der Waals surface area contributed by atoms with Crippen molar-refractivity contribution < 1.29 is 14.4 Å². The van der Waals surface area contributed by atoms with Gasteiger partial charge in [-0.1, -0.05) is 30.3 Å². The molecule has 82 valence electrons. The molecule has 16 heavy (non-hydrogen) atoms. The van der Waals surface area contributed by atoms with E-state index in [0.717, 1.165) is 10.5 Å². The summed E-state index contributed by atoms with van der Waals surface area (Å²) in [6.07, 6.45) is 0.0857. The fourth-order valence-electron chi connectivity index (χ4n) is 1.93. The van der Waals surface area contributed by atoms with Crippen LogP contribution in [-0.4, -0.2) is 22.5 Å². The Hall–Kier alpha value is -1.97. The molecule has 0 spiro atoms. The molecule has 0 radical (unpaired) electrons. The monoisotopic (exact) mass is 217 g/mol. The molecular weight excluding hydrogens is 206 g/mol. The van der Waals surface area contributed by atoms with E-state index in [1.807, 2.05) is 30.3 Å². The Balaban J connectivity index is 2.38. The summed E-state index contributed by atoms with van der Waals surface area (Å²) in [5, 5.41) is 0. The van der Waals surface area contributed by atoms with Gasteiger partial charge in [-0.3, -0.25) is 19.3 Å². The zero-order chi connectivity index (χ0) is 11.7. The molecule has 4 nitrogen and oxygen atoms in total. The number of hydrogen-bond donors (Lipinski definition) is 0. The number of benzene rings is 1. The van der Waals surface area contributed by atoms with Crippen molar-refractivity contribution in [3.8, 4) is 0 Å². The number of nitrogens with zero attached hydrogens (tertiary/aromatic N) is 1. The third-order valence-corrected chi connectivity index (χ3v) is 2.67. The minimum Gasteiger partial charge on any atom is -0.289 e. The maximum absolute atomic E-state index is 11.5. The molecule has 1 heterocycles. The Morgan fingerprint density at radius 1 is 1.25 bits per heavy atom. The number of hydrogen-bond acceptors (Lipinski definition) is 3.